The van der Waals surface area contributed by atoms with E-state index in [0.29, 0.717) is 22.6 Å². The van der Waals surface area contributed by atoms with E-state index in [4.69, 9.17) is 9.47 Å². The van der Waals surface area contributed by atoms with Crippen molar-refractivity contribution in [2.45, 2.75) is 46.6 Å². The molecule has 0 fully saturated rings. The van der Waals surface area contributed by atoms with Crippen LogP contribution in [0.2, 0.25) is 0 Å². The molecule has 0 aliphatic carbocycles. The second kappa shape index (κ2) is 9.86. The number of benzene rings is 2. The van der Waals surface area contributed by atoms with E-state index in [1.807, 2.05) is 38.1 Å². The van der Waals surface area contributed by atoms with E-state index in [0.717, 1.165) is 24.3 Å². The van der Waals surface area contributed by atoms with Gasteiger partial charge in [0.25, 0.3) is 0 Å². The third-order valence-electron chi connectivity index (χ3n) is 5.40. The minimum Gasteiger partial charge on any atom is -0.482 e. The second-order valence-electron chi connectivity index (χ2n) is 8.18. The zero-order valence-corrected chi connectivity index (χ0v) is 19.5. The normalized spacial score (nSPS) is 14.0. The maximum Gasteiger partial charge on any atom is 0.310 e. The van der Waals surface area contributed by atoms with Gasteiger partial charge in [-0.25, -0.2) is 0 Å². The lowest BCUT2D eigenvalue weighted by Gasteiger charge is -2.29. The van der Waals surface area contributed by atoms with Gasteiger partial charge in [0.05, 0.1) is 11.1 Å². The fourth-order valence-corrected chi connectivity index (χ4v) is 3.55. The highest BCUT2D eigenvalue weighted by Gasteiger charge is 2.28. The molecule has 168 valence electrons. The molecule has 0 atom stereocenters. The number of carbonyl (C=O) groups excluding carboxylic acids is 2. The first-order chi connectivity index (χ1) is 15.3. The van der Waals surface area contributed by atoms with Gasteiger partial charge in [-0.15, -0.1) is 0 Å². The molecule has 1 aliphatic heterocycles. The van der Waals surface area contributed by atoms with Gasteiger partial charge in [0, 0.05) is 25.2 Å². The fraction of sp³-hybridized carbons (Fsp3) is 0.333. The van der Waals surface area contributed by atoms with Crippen molar-refractivity contribution in [2.24, 2.45) is 0 Å². The van der Waals surface area contributed by atoms with Crippen molar-refractivity contribution in [2.75, 3.05) is 18.0 Å². The van der Waals surface area contributed by atoms with E-state index in [-0.39, 0.29) is 18.2 Å². The molecular weight excluding hydrogens is 402 g/mol. The van der Waals surface area contributed by atoms with E-state index < -0.39 is 5.60 Å². The summed E-state index contributed by atoms with van der Waals surface area (Å²) < 4.78 is 11.5. The number of rotatable bonds is 8. The number of hydrogen-bond acceptors (Lipinski definition) is 5. The van der Waals surface area contributed by atoms with Crippen LogP contribution in [0.25, 0.3) is 12.2 Å². The Balaban J connectivity index is 1.88. The van der Waals surface area contributed by atoms with Gasteiger partial charge in [-0.05, 0) is 75.8 Å². The molecule has 1 heterocycles. The zero-order chi connectivity index (χ0) is 23.3. The van der Waals surface area contributed by atoms with Gasteiger partial charge >= 0.3 is 5.97 Å². The molecule has 0 radical (unpaired) electrons. The number of nitrogens with zero attached hydrogens (tertiary/aromatic N) is 1. The molecule has 0 aromatic heterocycles. The van der Waals surface area contributed by atoms with Crippen LogP contribution in [0.3, 0.4) is 0 Å². The van der Waals surface area contributed by atoms with E-state index in [9.17, 15) is 9.59 Å². The first-order valence-corrected chi connectivity index (χ1v) is 11.1. The lowest BCUT2D eigenvalue weighted by molar-refractivity contribution is -0.134. The van der Waals surface area contributed by atoms with E-state index in [1.165, 1.54) is 0 Å². The minimum absolute atomic E-state index is 0.173. The van der Waals surface area contributed by atoms with Gasteiger partial charge in [0.1, 0.15) is 17.1 Å². The van der Waals surface area contributed by atoms with Crippen molar-refractivity contribution >= 4 is 29.6 Å². The molecule has 0 bridgehead atoms. The SMILES string of the molecule is CCC(=O)Oc1ccc(C(=O)/C=C/c2ccc(N(CC)CC)cc2)c2c1C=CC(C)(C)O2. The molecule has 0 saturated heterocycles. The molecule has 5 heteroatoms. The van der Waals surface area contributed by atoms with Crippen LogP contribution in [-0.4, -0.2) is 30.4 Å². The second-order valence-corrected chi connectivity index (χ2v) is 8.18. The van der Waals surface area contributed by atoms with Crippen LogP contribution >= 0.6 is 0 Å². The quantitative estimate of drug-likeness (QED) is 0.224. The van der Waals surface area contributed by atoms with Gasteiger partial charge in [-0.3, -0.25) is 9.59 Å². The number of fused-ring (bicyclic) bond motifs is 1. The number of ether oxygens (including phenoxy) is 2. The number of ketones is 1. The number of esters is 1. The highest BCUT2D eigenvalue weighted by molar-refractivity contribution is 6.09. The molecule has 0 saturated carbocycles. The van der Waals surface area contributed by atoms with Crippen molar-refractivity contribution in [1.29, 1.82) is 0 Å². The fourth-order valence-electron chi connectivity index (χ4n) is 3.55. The maximum absolute atomic E-state index is 13.1. The smallest absolute Gasteiger partial charge is 0.310 e. The van der Waals surface area contributed by atoms with E-state index in [2.05, 4.69) is 30.9 Å². The summed E-state index contributed by atoms with van der Waals surface area (Å²) in [7, 11) is 0. The molecule has 0 amide bonds. The Morgan fingerprint density at radius 2 is 1.72 bits per heavy atom. The van der Waals surface area contributed by atoms with Crippen molar-refractivity contribution in [3.05, 3.63) is 65.2 Å². The average Bonchev–Trinajstić information content (AvgIpc) is 2.78. The van der Waals surface area contributed by atoms with Crippen molar-refractivity contribution in [3.8, 4) is 11.5 Å². The molecule has 0 N–H and O–H groups in total. The van der Waals surface area contributed by atoms with E-state index >= 15 is 0 Å². The number of anilines is 1. The first-order valence-electron chi connectivity index (χ1n) is 11.1. The molecule has 1 aliphatic rings. The van der Waals surface area contributed by atoms with Crippen LogP contribution in [-0.2, 0) is 4.79 Å². The molecule has 0 unspecified atom stereocenters. The Morgan fingerprint density at radius 3 is 2.34 bits per heavy atom. The Bertz CT molecular complexity index is 1040. The summed E-state index contributed by atoms with van der Waals surface area (Å²) >= 11 is 0. The van der Waals surface area contributed by atoms with Gasteiger partial charge in [0.15, 0.2) is 5.78 Å². The first kappa shape index (κ1) is 23.3. The summed E-state index contributed by atoms with van der Waals surface area (Å²) in [6.07, 6.45) is 7.36. The van der Waals surface area contributed by atoms with Gasteiger partial charge in [0.2, 0.25) is 0 Å². The summed E-state index contributed by atoms with van der Waals surface area (Å²) in [5.74, 6) is 0.322. The third kappa shape index (κ3) is 5.28. The lowest BCUT2D eigenvalue weighted by atomic mass is 9.97. The molecule has 5 nitrogen and oxygen atoms in total. The van der Waals surface area contributed by atoms with Crippen molar-refractivity contribution < 1.29 is 19.1 Å². The summed E-state index contributed by atoms with van der Waals surface area (Å²) in [6, 6.07) is 11.4. The minimum atomic E-state index is -0.570. The van der Waals surface area contributed by atoms with E-state index in [1.54, 1.807) is 31.2 Å². The standard InChI is InChI=1S/C27H31NO4/c1-6-25(30)31-24-16-14-21(26-22(24)17-18-27(4,5)32-26)23(29)15-11-19-9-12-20(13-10-19)28(7-2)8-3/h9-18H,6-8H2,1-5H3/b15-11+. The van der Waals surface area contributed by atoms with Crippen LogP contribution in [0.4, 0.5) is 5.69 Å². The average molecular weight is 434 g/mol. The number of allylic oxidation sites excluding steroid dienone is 1. The molecule has 0 spiro atoms. The van der Waals surface area contributed by atoms with Crippen LogP contribution in [0.1, 0.15) is 62.5 Å². The van der Waals surface area contributed by atoms with Gasteiger partial charge < -0.3 is 14.4 Å². The van der Waals surface area contributed by atoms with Gasteiger partial charge in [-0.2, -0.15) is 0 Å². The van der Waals surface area contributed by atoms with Gasteiger partial charge in [-0.1, -0.05) is 25.1 Å². The van der Waals surface area contributed by atoms with Crippen molar-refractivity contribution in [1.82, 2.24) is 0 Å². The van der Waals surface area contributed by atoms with Crippen LogP contribution in [0.15, 0.2) is 48.6 Å². The van der Waals surface area contributed by atoms with Crippen LogP contribution < -0.4 is 14.4 Å². The highest BCUT2D eigenvalue weighted by Crippen LogP contribution is 2.40. The number of carbonyl (C=O) groups is 2. The summed E-state index contributed by atoms with van der Waals surface area (Å²) in [5.41, 5.74) is 2.57. The predicted molar refractivity (Wildman–Crippen MR) is 129 cm³/mol. The highest BCUT2D eigenvalue weighted by atomic mass is 16.5. The molecule has 32 heavy (non-hydrogen) atoms. The Labute approximate surface area is 190 Å². The van der Waals surface area contributed by atoms with Crippen LogP contribution in [0.5, 0.6) is 11.5 Å². The molecule has 2 aromatic carbocycles. The monoisotopic (exact) mass is 433 g/mol. The predicted octanol–water partition coefficient (Wildman–Crippen LogP) is 5.93. The lowest BCUT2D eigenvalue weighted by Crippen LogP contribution is -2.29. The van der Waals surface area contributed by atoms with Crippen molar-refractivity contribution in [3.63, 3.8) is 0 Å². The summed E-state index contributed by atoms with van der Waals surface area (Å²) in [6.45, 7) is 11.7. The summed E-state index contributed by atoms with van der Waals surface area (Å²) in [5, 5.41) is 0. The molecule has 3 rings (SSSR count). The topological polar surface area (TPSA) is 55.8 Å². The number of hydrogen-bond donors (Lipinski definition) is 0. The Kier molecular flexibility index (Phi) is 7.18. The zero-order valence-electron chi connectivity index (χ0n) is 19.5. The molecule has 2 aromatic rings. The largest absolute Gasteiger partial charge is 0.482 e. The third-order valence-corrected chi connectivity index (χ3v) is 5.40. The Hall–Kier alpha value is -3.34. The Morgan fingerprint density at radius 1 is 1.03 bits per heavy atom. The molecular formula is C27H31NO4. The maximum atomic E-state index is 13.1. The van der Waals surface area contributed by atoms with Crippen LogP contribution in [0, 0.1) is 0 Å². The summed E-state index contributed by atoms with van der Waals surface area (Å²) in [4.78, 5) is 27.1.